The van der Waals surface area contributed by atoms with E-state index in [1.165, 1.54) is 14.0 Å². The molecule has 12 heteroatoms. The van der Waals surface area contributed by atoms with Crippen LogP contribution in [0, 0.1) is 34.5 Å². The summed E-state index contributed by atoms with van der Waals surface area (Å²) in [7, 11) is 6.08. The van der Waals surface area contributed by atoms with Crippen LogP contribution in [0.25, 0.3) is 0 Å². The maximum absolute atomic E-state index is 13.6. The Kier molecular flexibility index (Phi) is 6.88. The molecule has 1 aromatic rings. The van der Waals surface area contributed by atoms with Gasteiger partial charge in [-0.3, -0.25) is 9.79 Å². The Labute approximate surface area is 255 Å². The largest absolute Gasteiger partial charge is 0.455 e. The molecule has 1 heterocycles. The Morgan fingerprint density at radius 2 is 1.73 bits per heavy atom. The van der Waals surface area contributed by atoms with Crippen molar-refractivity contribution in [1.29, 1.82) is 0 Å². The molecule has 7 bridgehead atoms. The lowest BCUT2D eigenvalue weighted by Gasteiger charge is -2.65. The molecular formula is C32H41NO11. The van der Waals surface area contributed by atoms with E-state index < -0.39 is 100 Å². The zero-order valence-electron chi connectivity index (χ0n) is 25.5. The molecule has 15 atom stereocenters. The third-order valence-corrected chi connectivity index (χ3v) is 12.2. The molecular weight excluding hydrogens is 574 g/mol. The number of esters is 2. The zero-order valence-corrected chi connectivity index (χ0v) is 25.5. The van der Waals surface area contributed by atoms with Gasteiger partial charge in [-0.15, -0.1) is 0 Å². The fourth-order valence-electron chi connectivity index (χ4n) is 11.3. The normalized spacial score (nSPS) is 50.8. The molecule has 1 aromatic carbocycles. The van der Waals surface area contributed by atoms with Gasteiger partial charge in [0.05, 0.1) is 47.9 Å². The zero-order chi connectivity index (χ0) is 31.4. The number of aliphatic hydroxyl groups excluding tert-OH is 2. The number of methoxy groups -OCH3 is 4. The summed E-state index contributed by atoms with van der Waals surface area (Å²) in [5, 5.41) is 36.7. The summed E-state index contributed by atoms with van der Waals surface area (Å²) in [6, 6.07) is 7.86. The number of ether oxygens (including phenoxy) is 6. The minimum absolute atomic E-state index is 0.0354. The first-order valence-corrected chi connectivity index (χ1v) is 15.2. The second kappa shape index (κ2) is 10.0. The van der Waals surface area contributed by atoms with Gasteiger partial charge in [0.15, 0.2) is 5.60 Å². The average molecular weight is 616 g/mol. The summed E-state index contributed by atoms with van der Waals surface area (Å²) in [5.74, 6) is -3.99. The highest BCUT2D eigenvalue weighted by atomic mass is 16.6. The first-order valence-electron chi connectivity index (χ1n) is 15.2. The number of hydrogen-bond acceptors (Lipinski definition) is 12. The van der Waals surface area contributed by atoms with Gasteiger partial charge in [0, 0.05) is 65.2 Å². The SMILES string of the molecule is COC[C@]12C=NC3[C@@H]4[C@H](OC)[C@H]1[C@@]3([C@@H](OC)C[C@H]2O)[C@@H]1C[C@@]2(O)[C@H](OC(=O)c3ccccc3)[C@@H]1[C@]4(OC(C)=O)[C@@H](O)[C@@H]2OC. The van der Waals surface area contributed by atoms with Gasteiger partial charge in [-0.05, 0) is 24.5 Å². The number of benzene rings is 1. The van der Waals surface area contributed by atoms with Crippen molar-refractivity contribution in [1.82, 2.24) is 0 Å². The van der Waals surface area contributed by atoms with E-state index in [1.807, 2.05) is 0 Å². The molecule has 0 amide bonds. The molecule has 0 saturated heterocycles. The van der Waals surface area contributed by atoms with Crippen LogP contribution in [-0.4, -0.2) is 122 Å². The third kappa shape index (κ3) is 3.30. The van der Waals surface area contributed by atoms with Crippen molar-refractivity contribution < 1.29 is 53.3 Å². The highest BCUT2D eigenvalue weighted by molar-refractivity contribution is 5.89. The summed E-state index contributed by atoms with van der Waals surface area (Å²) in [6.45, 7) is 1.40. The van der Waals surface area contributed by atoms with E-state index in [0.717, 1.165) is 0 Å². The fraction of sp³-hybridized carbons (Fsp3) is 0.719. The third-order valence-electron chi connectivity index (χ3n) is 12.2. The van der Waals surface area contributed by atoms with Crippen LogP contribution in [-0.2, 0) is 33.2 Å². The van der Waals surface area contributed by atoms with Gasteiger partial charge in [-0.1, -0.05) is 18.2 Å². The Hall–Kier alpha value is -2.45. The molecule has 5 fully saturated rings. The number of nitrogens with zero attached hydrogens (tertiary/aromatic N) is 1. The minimum Gasteiger partial charge on any atom is -0.455 e. The van der Waals surface area contributed by atoms with Crippen molar-refractivity contribution >= 4 is 18.2 Å². The van der Waals surface area contributed by atoms with Crippen LogP contribution in [0.3, 0.4) is 0 Å². The molecule has 0 aromatic heterocycles. The number of aliphatic hydroxyl groups is 3. The van der Waals surface area contributed by atoms with E-state index in [0.29, 0.717) is 0 Å². The van der Waals surface area contributed by atoms with Crippen molar-refractivity contribution in [2.75, 3.05) is 35.0 Å². The lowest BCUT2D eigenvalue weighted by Crippen LogP contribution is -2.78. The summed E-state index contributed by atoms with van der Waals surface area (Å²) in [6.07, 6.45) is -4.13. The Morgan fingerprint density at radius 1 is 1.00 bits per heavy atom. The quantitative estimate of drug-likeness (QED) is 0.347. The van der Waals surface area contributed by atoms with Crippen LogP contribution >= 0.6 is 0 Å². The van der Waals surface area contributed by atoms with Crippen LogP contribution in [0.15, 0.2) is 35.3 Å². The molecule has 6 aliphatic rings. The Balaban J connectivity index is 1.50. The molecule has 1 unspecified atom stereocenters. The summed E-state index contributed by atoms with van der Waals surface area (Å²) in [4.78, 5) is 31.8. The number of rotatable bonds is 8. The molecule has 1 aliphatic heterocycles. The van der Waals surface area contributed by atoms with E-state index in [-0.39, 0.29) is 25.0 Å². The predicted molar refractivity (Wildman–Crippen MR) is 152 cm³/mol. The first kappa shape index (κ1) is 30.2. The molecule has 7 rings (SSSR count). The van der Waals surface area contributed by atoms with Gasteiger partial charge < -0.3 is 43.7 Å². The lowest BCUT2D eigenvalue weighted by atomic mass is 9.43. The standard InChI is InChI=1S/C32H41NO11/c1-15(34)44-32-20-17(12-30(38,27(42-5)25(32)36)26(20)43-28(37)16-9-7-6-8-10-16)31-19(40-3)11-18(35)29(14-39-2)13-33-24(31)21(32)22(41-4)23(29)31/h6-10,13,17-27,35-36,38H,11-12,14H2,1-5H3/t17-,18-,19+,20-,21+,22+,23-,24?,25+,26-,27+,29+,30-,31+,32-/m1/s1. The van der Waals surface area contributed by atoms with E-state index in [9.17, 15) is 24.9 Å². The molecule has 0 radical (unpaired) electrons. The molecule has 240 valence electrons. The molecule has 12 nitrogen and oxygen atoms in total. The van der Waals surface area contributed by atoms with Crippen molar-refractivity contribution in [3.63, 3.8) is 0 Å². The topological polar surface area (TPSA) is 163 Å². The van der Waals surface area contributed by atoms with Gasteiger partial charge in [0.25, 0.3) is 0 Å². The van der Waals surface area contributed by atoms with Crippen LogP contribution in [0.2, 0.25) is 0 Å². The van der Waals surface area contributed by atoms with Gasteiger partial charge in [0.1, 0.15) is 23.9 Å². The number of hydrogen-bond donors (Lipinski definition) is 3. The van der Waals surface area contributed by atoms with E-state index >= 15 is 0 Å². The number of aliphatic imine (C=N–C) groups is 1. The van der Waals surface area contributed by atoms with Crippen LogP contribution in [0.5, 0.6) is 0 Å². The van der Waals surface area contributed by atoms with Crippen LogP contribution in [0.1, 0.15) is 30.1 Å². The summed E-state index contributed by atoms with van der Waals surface area (Å²) < 4.78 is 36.7. The van der Waals surface area contributed by atoms with E-state index in [2.05, 4.69) is 0 Å². The molecule has 5 aliphatic carbocycles. The molecule has 5 saturated carbocycles. The summed E-state index contributed by atoms with van der Waals surface area (Å²) >= 11 is 0. The van der Waals surface area contributed by atoms with Gasteiger partial charge in [-0.25, -0.2) is 4.79 Å². The van der Waals surface area contributed by atoms with E-state index in [4.69, 9.17) is 33.4 Å². The molecule has 1 spiro atoms. The first-order chi connectivity index (χ1) is 21.0. The maximum atomic E-state index is 13.6. The van der Waals surface area contributed by atoms with Crippen LogP contribution in [0.4, 0.5) is 0 Å². The second-order valence-corrected chi connectivity index (χ2v) is 13.5. The number of fused-ring (bicyclic) bond motifs is 2. The summed E-state index contributed by atoms with van der Waals surface area (Å²) in [5.41, 5.74) is -5.16. The average Bonchev–Trinajstić information content (AvgIpc) is 3.35. The second-order valence-electron chi connectivity index (χ2n) is 13.5. The predicted octanol–water partition coefficient (Wildman–Crippen LogP) is 0.397. The Morgan fingerprint density at radius 3 is 2.34 bits per heavy atom. The number of carbonyl (C=O) groups excluding carboxylic acids is 2. The van der Waals surface area contributed by atoms with Crippen molar-refractivity contribution in [3.05, 3.63) is 35.9 Å². The maximum Gasteiger partial charge on any atom is 0.338 e. The smallest absolute Gasteiger partial charge is 0.338 e. The molecule has 3 N–H and O–H groups in total. The van der Waals surface area contributed by atoms with E-state index in [1.54, 1.807) is 57.9 Å². The van der Waals surface area contributed by atoms with Crippen molar-refractivity contribution in [2.45, 2.75) is 73.6 Å². The lowest BCUT2D eigenvalue weighted by molar-refractivity contribution is -0.305. The molecule has 44 heavy (non-hydrogen) atoms. The van der Waals surface area contributed by atoms with Gasteiger partial charge in [-0.2, -0.15) is 0 Å². The van der Waals surface area contributed by atoms with Gasteiger partial charge >= 0.3 is 11.9 Å². The Bertz CT molecular complexity index is 1360. The highest BCUT2D eigenvalue weighted by Crippen LogP contribution is 2.79. The fourth-order valence-corrected chi connectivity index (χ4v) is 11.3. The minimum atomic E-state index is -1.85. The number of carbonyl (C=O) groups is 2. The van der Waals surface area contributed by atoms with Gasteiger partial charge in [0.2, 0.25) is 0 Å². The van der Waals surface area contributed by atoms with Crippen LogP contribution < -0.4 is 0 Å². The highest BCUT2D eigenvalue weighted by Gasteiger charge is 2.91. The monoisotopic (exact) mass is 615 g/mol. The van der Waals surface area contributed by atoms with Crippen molar-refractivity contribution in [3.8, 4) is 0 Å². The van der Waals surface area contributed by atoms with Crippen molar-refractivity contribution in [2.24, 2.45) is 39.5 Å².